The van der Waals surface area contributed by atoms with Crippen LogP contribution in [0, 0.1) is 0 Å². The fourth-order valence-corrected chi connectivity index (χ4v) is 1.17. The van der Waals surface area contributed by atoms with E-state index >= 15 is 0 Å². The van der Waals surface area contributed by atoms with Gasteiger partial charge in [0.15, 0.2) is 0 Å². The molecule has 0 amide bonds. The Labute approximate surface area is 73.4 Å². The summed E-state index contributed by atoms with van der Waals surface area (Å²) in [6.07, 6.45) is 2.79. The Morgan fingerprint density at radius 2 is 2.33 bits per heavy atom. The van der Waals surface area contributed by atoms with Crippen molar-refractivity contribution in [2.45, 2.75) is 20.3 Å². The standard InChI is InChI=1S/C10H14N2/c1-4-10-9(8(2)11-3)6-5-7-12-10/h5-7H,4H2,1-3H3. The van der Waals surface area contributed by atoms with Crippen LogP contribution in [0.3, 0.4) is 0 Å². The molecule has 1 aromatic rings. The average Bonchev–Trinajstić information content (AvgIpc) is 2.16. The third-order valence-corrected chi connectivity index (χ3v) is 1.95. The fourth-order valence-electron chi connectivity index (χ4n) is 1.17. The van der Waals surface area contributed by atoms with Crippen molar-refractivity contribution >= 4 is 5.71 Å². The molecule has 0 bridgehead atoms. The van der Waals surface area contributed by atoms with Gasteiger partial charge in [-0.05, 0) is 25.5 Å². The molecule has 0 radical (unpaired) electrons. The normalized spacial score (nSPS) is 11.8. The van der Waals surface area contributed by atoms with Gasteiger partial charge in [-0.3, -0.25) is 9.98 Å². The summed E-state index contributed by atoms with van der Waals surface area (Å²) in [5.41, 5.74) is 3.35. The molecule has 0 N–H and O–H groups in total. The van der Waals surface area contributed by atoms with Crippen LogP contribution in [0.25, 0.3) is 0 Å². The molecule has 0 spiro atoms. The SMILES string of the molecule is CCc1ncccc1C(C)=NC. The molecule has 0 saturated heterocycles. The molecule has 0 aliphatic rings. The second kappa shape index (κ2) is 4.00. The molecule has 1 heterocycles. The van der Waals surface area contributed by atoms with Crippen molar-refractivity contribution < 1.29 is 0 Å². The van der Waals surface area contributed by atoms with Gasteiger partial charge in [-0.1, -0.05) is 6.92 Å². The fraction of sp³-hybridized carbons (Fsp3) is 0.400. The lowest BCUT2D eigenvalue weighted by Gasteiger charge is -2.04. The van der Waals surface area contributed by atoms with Crippen molar-refractivity contribution in [3.63, 3.8) is 0 Å². The molecule has 0 unspecified atom stereocenters. The van der Waals surface area contributed by atoms with E-state index in [9.17, 15) is 0 Å². The van der Waals surface area contributed by atoms with Crippen LogP contribution in [0.1, 0.15) is 25.1 Å². The zero-order valence-electron chi connectivity index (χ0n) is 7.83. The van der Waals surface area contributed by atoms with E-state index in [0.29, 0.717) is 0 Å². The highest BCUT2D eigenvalue weighted by Gasteiger charge is 2.02. The van der Waals surface area contributed by atoms with Gasteiger partial charge in [-0.15, -0.1) is 0 Å². The second-order valence-corrected chi connectivity index (χ2v) is 2.66. The Morgan fingerprint density at radius 3 is 2.92 bits per heavy atom. The highest BCUT2D eigenvalue weighted by Crippen LogP contribution is 2.06. The molecular formula is C10H14N2. The van der Waals surface area contributed by atoms with Gasteiger partial charge >= 0.3 is 0 Å². The Hall–Kier alpha value is -1.18. The van der Waals surface area contributed by atoms with Crippen LogP contribution in [-0.2, 0) is 6.42 Å². The number of aliphatic imine (C=N–C) groups is 1. The van der Waals surface area contributed by atoms with Crippen LogP contribution in [0.15, 0.2) is 23.3 Å². The Bertz CT molecular complexity index is 290. The maximum atomic E-state index is 4.29. The van der Waals surface area contributed by atoms with Crippen molar-refractivity contribution in [1.82, 2.24) is 4.98 Å². The lowest BCUT2D eigenvalue weighted by molar-refractivity contribution is 1.03. The highest BCUT2D eigenvalue weighted by atomic mass is 14.7. The first kappa shape index (κ1) is 8.91. The third kappa shape index (κ3) is 1.70. The van der Waals surface area contributed by atoms with E-state index in [2.05, 4.69) is 23.0 Å². The van der Waals surface area contributed by atoms with E-state index < -0.39 is 0 Å². The van der Waals surface area contributed by atoms with Crippen LogP contribution < -0.4 is 0 Å². The first-order chi connectivity index (χ1) is 5.79. The summed E-state index contributed by atoms with van der Waals surface area (Å²) in [5, 5.41) is 0. The first-order valence-corrected chi connectivity index (χ1v) is 4.17. The average molecular weight is 162 g/mol. The molecule has 0 fully saturated rings. The van der Waals surface area contributed by atoms with E-state index in [1.807, 2.05) is 26.2 Å². The third-order valence-electron chi connectivity index (χ3n) is 1.95. The Balaban J connectivity index is 3.13. The van der Waals surface area contributed by atoms with E-state index in [1.165, 1.54) is 5.56 Å². The molecule has 0 aliphatic heterocycles. The summed E-state index contributed by atoms with van der Waals surface area (Å²) in [4.78, 5) is 8.43. The number of hydrogen-bond acceptors (Lipinski definition) is 2. The molecule has 0 saturated carbocycles. The van der Waals surface area contributed by atoms with Gasteiger partial charge in [-0.25, -0.2) is 0 Å². The van der Waals surface area contributed by atoms with Gasteiger partial charge in [0.1, 0.15) is 0 Å². The van der Waals surface area contributed by atoms with Crippen LogP contribution in [-0.4, -0.2) is 17.7 Å². The molecule has 12 heavy (non-hydrogen) atoms. The first-order valence-electron chi connectivity index (χ1n) is 4.17. The zero-order valence-corrected chi connectivity index (χ0v) is 7.83. The number of aryl methyl sites for hydroxylation is 1. The maximum Gasteiger partial charge on any atom is 0.0491 e. The number of nitrogens with zero attached hydrogens (tertiary/aromatic N) is 2. The van der Waals surface area contributed by atoms with Crippen molar-refractivity contribution in [3.8, 4) is 0 Å². The largest absolute Gasteiger partial charge is 0.293 e. The van der Waals surface area contributed by atoms with Gasteiger partial charge < -0.3 is 0 Å². The summed E-state index contributed by atoms with van der Waals surface area (Å²) in [7, 11) is 1.81. The topological polar surface area (TPSA) is 25.2 Å². The molecule has 0 aliphatic carbocycles. The van der Waals surface area contributed by atoms with Gasteiger partial charge in [0.25, 0.3) is 0 Å². The summed E-state index contributed by atoms with van der Waals surface area (Å²) >= 11 is 0. The van der Waals surface area contributed by atoms with E-state index in [-0.39, 0.29) is 0 Å². The van der Waals surface area contributed by atoms with Crippen molar-refractivity contribution in [1.29, 1.82) is 0 Å². The maximum absolute atomic E-state index is 4.29. The van der Waals surface area contributed by atoms with Crippen molar-refractivity contribution in [2.75, 3.05) is 7.05 Å². The van der Waals surface area contributed by atoms with E-state index in [0.717, 1.165) is 17.8 Å². The molecule has 0 atom stereocenters. The summed E-state index contributed by atoms with van der Waals surface area (Å²) in [5.74, 6) is 0. The monoisotopic (exact) mass is 162 g/mol. The van der Waals surface area contributed by atoms with Crippen LogP contribution in [0.5, 0.6) is 0 Å². The quantitative estimate of drug-likeness (QED) is 0.611. The molecule has 2 heteroatoms. The smallest absolute Gasteiger partial charge is 0.0491 e. The van der Waals surface area contributed by atoms with Crippen LogP contribution in [0.2, 0.25) is 0 Å². The van der Waals surface area contributed by atoms with Crippen LogP contribution in [0.4, 0.5) is 0 Å². The molecule has 2 nitrogen and oxygen atoms in total. The minimum absolute atomic E-state index is 0.961. The zero-order chi connectivity index (χ0) is 8.97. The molecule has 0 aromatic carbocycles. The van der Waals surface area contributed by atoms with Gasteiger partial charge in [0, 0.05) is 30.2 Å². The van der Waals surface area contributed by atoms with Crippen LogP contribution >= 0.6 is 0 Å². The summed E-state index contributed by atoms with van der Waals surface area (Å²) in [6, 6.07) is 4.01. The number of pyridine rings is 1. The molecule has 64 valence electrons. The lowest BCUT2D eigenvalue weighted by atomic mass is 10.1. The van der Waals surface area contributed by atoms with Gasteiger partial charge in [0.2, 0.25) is 0 Å². The molecule has 1 rings (SSSR count). The minimum Gasteiger partial charge on any atom is -0.293 e. The number of rotatable bonds is 2. The predicted molar refractivity (Wildman–Crippen MR) is 51.8 cm³/mol. The molecule has 1 aromatic heterocycles. The second-order valence-electron chi connectivity index (χ2n) is 2.66. The van der Waals surface area contributed by atoms with E-state index in [4.69, 9.17) is 0 Å². The van der Waals surface area contributed by atoms with E-state index in [1.54, 1.807) is 0 Å². The number of aromatic nitrogens is 1. The predicted octanol–water partition coefficient (Wildman–Crippen LogP) is 2.08. The van der Waals surface area contributed by atoms with Crippen molar-refractivity contribution in [2.24, 2.45) is 4.99 Å². The lowest BCUT2D eigenvalue weighted by Crippen LogP contribution is -2.01. The summed E-state index contributed by atoms with van der Waals surface area (Å²) in [6.45, 7) is 4.12. The Morgan fingerprint density at radius 1 is 1.58 bits per heavy atom. The van der Waals surface area contributed by atoms with Crippen molar-refractivity contribution in [3.05, 3.63) is 29.6 Å². The minimum atomic E-state index is 0.961. The number of hydrogen-bond donors (Lipinski definition) is 0. The van der Waals surface area contributed by atoms with Gasteiger partial charge in [0.05, 0.1) is 0 Å². The Kier molecular flexibility index (Phi) is 2.97. The molecular weight excluding hydrogens is 148 g/mol. The summed E-state index contributed by atoms with van der Waals surface area (Å²) < 4.78 is 0. The van der Waals surface area contributed by atoms with Gasteiger partial charge in [-0.2, -0.15) is 0 Å². The highest BCUT2D eigenvalue weighted by molar-refractivity contribution is 5.99.